The topological polar surface area (TPSA) is 70.9 Å². The first-order chi connectivity index (χ1) is 8.22. The zero-order valence-electron chi connectivity index (χ0n) is 9.72. The number of aliphatic hydroxyl groups excluding tert-OH is 1. The van der Waals surface area contributed by atoms with Crippen molar-refractivity contribution in [1.82, 2.24) is 5.32 Å². The molecule has 0 spiro atoms. The van der Waals surface area contributed by atoms with Gasteiger partial charge in [-0.25, -0.2) is 4.79 Å². The van der Waals surface area contributed by atoms with Crippen molar-refractivity contribution in [3.8, 4) is 0 Å². The molecule has 92 valence electrons. The molecule has 0 aliphatic heterocycles. The zero-order chi connectivity index (χ0) is 12.5. The van der Waals surface area contributed by atoms with Crippen molar-refractivity contribution in [2.75, 3.05) is 13.2 Å². The quantitative estimate of drug-likeness (QED) is 0.612. The fourth-order valence-corrected chi connectivity index (χ4v) is 1.16. The van der Waals surface area contributed by atoms with E-state index in [1.165, 1.54) is 0 Å². The molecule has 0 heterocycles. The number of hydrogen-bond acceptors (Lipinski definition) is 4. The van der Waals surface area contributed by atoms with E-state index in [4.69, 9.17) is 9.84 Å². The summed E-state index contributed by atoms with van der Waals surface area (Å²) in [7, 11) is 0. The second-order valence-corrected chi connectivity index (χ2v) is 3.38. The number of carbonyl (C=O) groups is 1. The first kappa shape index (κ1) is 13.2. The second kappa shape index (κ2) is 7.40. The summed E-state index contributed by atoms with van der Waals surface area (Å²) >= 11 is 0. The van der Waals surface area contributed by atoms with Gasteiger partial charge in [-0.15, -0.1) is 0 Å². The highest BCUT2D eigenvalue weighted by Crippen LogP contribution is 2.00. The lowest BCUT2D eigenvalue weighted by molar-refractivity contribution is 0.145. The molecule has 0 aliphatic rings. The van der Waals surface area contributed by atoms with Gasteiger partial charge in [0, 0.05) is 0 Å². The number of hydrogen-bond donors (Lipinski definition) is 2. The predicted molar refractivity (Wildman–Crippen MR) is 64.8 cm³/mol. The van der Waals surface area contributed by atoms with Crippen molar-refractivity contribution in [1.29, 1.82) is 0 Å². The van der Waals surface area contributed by atoms with Crippen LogP contribution in [0.25, 0.3) is 0 Å². The minimum atomic E-state index is -0.548. The normalized spacial score (nSPS) is 11.1. The summed E-state index contributed by atoms with van der Waals surface area (Å²) in [4.78, 5) is 15.2. The van der Waals surface area contributed by atoms with Crippen LogP contribution in [0.2, 0.25) is 0 Å². The van der Waals surface area contributed by atoms with Gasteiger partial charge in [0.05, 0.1) is 13.2 Å². The number of amidine groups is 1. The van der Waals surface area contributed by atoms with Crippen LogP contribution in [0.3, 0.4) is 0 Å². The summed E-state index contributed by atoms with van der Waals surface area (Å²) in [6.45, 7) is 2.09. The minimum absolute atomic E-state index is 0.0436. The van der Waals surface area contributed by atoms with E-state index in [1.807, 2.05) is 30.3 Å². The number of aliphatic hydroxyl groups is 1. The average Bonchev–Trinajstić information content (AvgIpc) is 2.35. The number of rotatable bonds is 4. The number of benzene rings is 1. The number of carbonyl (C=O) groups excluding carboxylic acids is 1. The number of alkyl carbamates (subject to hydrolysis) is 1. The zero-order valence-corrected chi connectivity index (χ0v) is 9.72. The molecular formula is C12H16N2O3. The average molecular weight is 236 g/mol. The molecule has 0 aromatic heterocycles. The maximum Gasteiger partial charge on any atom is 0.412 e. The van der Waals surface area contributed by atoms with Crippen molar-refractivity contribution in [3.63, 3.8) is 0 Å². The summed E-state index contributed by atoms with van der Waals surface area (Å²) < 4.78 is 4.99. The van der Waals surface area contributed by atoms with Crippen molar-refractivity contribution < 1.29 is 14.6 Å². The molecule has 1 rings (SSSR count). The molecule has 0 fully saturated rings. The van der Waals surface area contributed by atoms with Crippen LogP contribution in [-0.2, 0) is 11.3 Å². The van der Waals surface area contributed by atoms with Crippen LogP contribution in [0.1, 0.15) is 12.5 Å². The fourth-order valence-electron chi connectivity index (χ4n) is 1.16. The Balaban J connectivity index is 2.31. The minimum Gasteiger partial charge on any atom is -0.444 e. The highest BCUT2D eigenvalue weighted by Gasteiger charge is 2.03. The van der Waals surface area contributed by atoms with Crippen molar-refractivity contribution >= 4 is 11.9 Å². The van der Waals surface area contributed by atoms with Crippen LogP contribution in [0.4, 0.5) is 4.79 Å². The van der Waals surface area contributed by atoms with Gasteiger partial charge in [0.25, 0.3) is 0 Å². The van der Waals surface area contributed by atoms with Crippen LogP contribution < -0.4 is 5.32 Å². The summed E-state index contributed by atoms with van der Waals surface area (Å²) in [5, 5.41) is 11.0. The molecule has 0 saturated heterocycles. The van der Waals surface area contributed by atoms with Crippen LogP contribution in [0.5, 0.6) is 0 Å². The Hall–Kier alpha value is -1.88. The highest BCUT2D eigenvalue weighted by molar-refractivity contribution is 5.93. The maximum atomic E-state index is 11.3. The Morgan fingerprint density at radius 3 is 2.76 bits per heavy atom. The van der Waals surface area contributed by atoms with E-state index >= 15 is 0 Å². The van der Waals surface area contributed by atoms with Crippen LogP contribution in [-0.4, -0.2) is 30.2 Å². The predicted octanol–water partition coefficient (Wildman–Crippen LogP) is 1.32. The molecule has 1 aromatic rings. The molecule has 0 aliphatic carbocycles. The van der Waals surface area contributed by atoms with E-state index < -0.39 is 6.09 Å². The molecule has 0 saturated carbocycles. The monoisotopic (exact) mass is 236 g/mol. The van der Waals surface area contributed by atoms with E-state index in [0.717, 1.165) is 5.56 Å². The molecule has 1 amide bonds. The van der Waals surface area contributed by atoms with Gasteiger partial charge in [0.15, 0.2) is 0 Å². The van der Waals surface area contributed by atoms with E-state index in [0.29, 0.717) is 5.84 Å². The van der Waals surface area contributed by atoms with Crippen molar-refractivity contribution in [3.05, 3.63) is 35.9 Å². The molecule has 0 radical (unpaired) electrons. The van der Waals surface area contributed by atoms with E-state index in [-0.39, 0.29) is 19.8 Å². The summed E-state index contributed by atoms with van der Waals surface area (Å²) in [5.41, 5.74) is 0.924. The number of ether oxygens (including phenoxy) is 1. The molecular weight excluding hydrogens is 220 g/mol. The Labute approximate surface area is 100 Å². The third-order valence-corrected chi connectivity index (χ3v) is 1.94. The largest absolute Gasteiger partial charge is 0.444 e. The van der Waals surface area contributed by atoms with Gasteiger partial charge in [-0.2, -0.15) is 0 Å². The number of nitrogens with zero attached hydrogens (tertiary/aromatic N) is 1. The van der Waals surface area contributed by atoms with Crippen molar-refractivity contribution in [2.24, 2.45) is 4.99 Å². The summed E-state index contributed by atoms with van der Waals surface area (Å²) in [6.07, 6.45) is -0.548. The molecule has 0 bridgehead atoms. The Kier molecular flexibility index (Phi) is 5.74. The second-order valence-electron chi connectivity index (χ2n) is 3.38. The number of aliphatic imine (C=N–C) groups is 1. The van der Waals surface area contributed by atoms with Gasteiger partial charge in [-0.3, -0.25) is 10.3 Å². The van der Waals surface area contributed by atoms with Crippen LogP contribution >= 0.6 is 0 Å². The number of nitrogens with one attached hydrogen (secondary N) is 1. The Morgan fingerprint density at radius 1 is 1.41 bits per heavy atom. The van der Waals surface area contributed by atoms with Crippen LogP contribution in [0, 0.1) is 0 Å². The van der Waals surface area contributed by atoms with E-state index in [2.05, 4.69) is 10.3 Å². The van der Waals surface area contributed by atoms with Gasteiger partial charge >= 0.3 is 6.09 Å². The summed E-state index contributed by atoms with van der Waals surface area (Å²) in [6, 6.07) is 9.41. The summed E-state index contributed by atoms with van der Waals surface area (Å²) in [5.74, 6) is 0.428. The van der Waals surface area contributed by atoms with E-state index in [9.17, 15) is 4.79 Å². The number of amides is 1. The molecule has 17 heavy (non-hydrogen) atoms. The maximum absolute atomic E-state index is 11.3. The molecule has 5 heteroatoms. The third kappa shape index (κ3) is 5.67. The smallest absolute Gasteiger partial charge is 0.412 e. The first-order valence-electron chi connectivity index (χ1n) is 5.32. The van der Waals surface area contributed by atoms with Gasteiger partial charge < -0.3 is 9.84 Å². The molecule has 5 nitrogen and oxygen atoms in total. The highest BCUT2D eigenvalue weighted by atomic mass is 16.5. The van der Waals surface area contributed by atoms with Crippen molar-refractivity contribution in [2.45, 2.75) is 13.5 Å². The molecule has 0 atom stereocenters. The van der Waals surface area contributed by atoms with Gasteiger partial charge in [0.1, 0.15) is 12.4 Å². The fraction of sp³-hybridized carbons (Fsp3) is 0.333. The lowest BCUT2D eigenvalue weighted by atomic mass is 10.2. The van der Waals surface area contributed by atoms with E-state index in [1.54, 1.807) is 6.92 Å². The Morgan fingerprint density at radius 2 is 2.12 bits per heavy atom. The molecule has 2 N–H and O–H groups in total. The first-order valence-corrected chi connectivity index (χ1v) is 5.32. The van der Waals surface area contributed by atoms with Gasteiger partial charge in [0.2, 0.25) is 0 Å². The Bertz CT molecular complexity index is 377. The van der Waals surface area contributed by atoms with Gasteiger partial charge in [-0.05, 0) is 12.5 Å². The SMILES string of the molecule is CC(=NCCO)NC(=O)OCc1ccccc1. The third-order valence-electron chi connectivity index (χ3n) is 1.94. The van der Waals surface area contributed by atoms with Gasteiger partial charge in [-0.1, -0.05) is 30.3 Å². The molecule has 1 aromatic carbocycles. The lowest BCUT2D eigenvalue weighted by Crippen LogP contribution is -2.29. The van der Waals surface area contributed by atoms with Crippen LogP contribution in [0.15, 0.2) is 35.3 Å². The standard InChI is InChI=1S/C12H16N2O3/c1-10(13-7-8-15)14-12(16)17-9-11-5-3-2-4-6-11/h2-6,15H,7-9H2,1H3,(H,13,14,16). The lowest BCUT2D eigenvalue weighted by Gasteiger charge is -2.06. The molecule has 0 unspecified atom stereocenters.